The molecule has 1 unspecified atom stereocenters. The SMILES string of the molecule is COC(CN)c1cn(C)nn1. The summed E-state index contributed by atoms with van der Waals surface area (Å²) in [7, 11) is 3.41. The fourth-order valence-electron chi connectivity index (χ4n) is 0.850. The summed E-state index contributed by atoms with van der Waals surface area (Å²) in [6.07, 6.45) is 1.66. The van der Waals surface area contributed by atoms with Crippen molar-refractivity contribution in [3.8, 4) is 0 Å². The zero-order valence-electron chi connectivity index (χ0n) is 6.69. The van der Waals surface area contributed by atoms with Crippen LogP contribution in [0.5, 0.6) is 0 Å². The molecule has 1 aromatic heterocycles. The fourth-order valence-corrected chi connectivity index (χ4v) is 0.850. The molecule has 0 amide bonds. The molecule has 62 valence electrons. The van der Waals surface area contributed by atoms with E-state index in [-0.39, 0.29) is 6.10 Å². The zero-order chi connectivity index (χ0) is 8.27. The van der Waals surface area contributed by atoms with Crippen LogP contribution in [0, 0.1) is 0 Å². The maximum Gasteiger partial charge on any atom is 0.115 e. The Labute approximate surface area is 65.1 Å². The summed E-state index contributed by atoms with van der Waals surface area (Å²) in [6, 6.07) is 0. The molecule has 1 heterocycles. The van der Waals surface area contributed by atoms with Gasteiger partial charge in [-0.2, -0.15) is 0 Å². The van der Waals surface area contributed by atoms with Gasteiger partial charge in [0.2, 0.25) is 0 Å². The van der Waals surface area contributed by atoms with Crippen LogP contribution in [-0.4, -0.2) is 28.6 Å². The van der Waals surface area contributed by atoms with Crippen molar-refractivity contribution in [2.75, 3.05) is 13.7 Å². The molecule has 0 bridgehead atoms. The van der Waals surface area contributed by atoms with Gasteiger partial charge in [-0.05, 0) is 0 Å². The number of aryl methyl sites for hydroxylation is 1. The van der Waals surface area contributed by atoms with Crippen molar-refractivity contribution >= 4 is 0 Å². The highest BCUT2D eigenvalue weighted by Crippen LogP contribution is 2.09. The largest absolute Gasteiger partial charge is 0.374 e. The van der Waals surface area contributed by atoms with Gasteiger partial charge in [0.1, 0.15) is 11.8 Å². The molecule has 0 fully saturated rings. The molecular weight excluding hydrogens is 144 g/mol. The van der Waals surface area contributed by atoms with E-state index in [0.29, 0.717) is 6.54 Å². The molecule has 1 aromatic rings. The molecule has 0 radical (unpaired) electrons. The topological polar surface area (TPSA) is 66.0 Å². The first-order valence-electron chi connectivity index (χ1n) is 3.37. The highest BCUT2D eigenvalue weighted by molar-refractivity contribution is 4.97. The Bertz CT molecular complexity index is 218. The van der Waals surface area contributed by atoms with Gasteiger partial charge in [-0.1, -0.05) is 5.21 Å². The van der Waals surface area contributed by atoms with E-state index in [0.717, 1.165) is 5.69 Å². The molecule has 0 saturated heterocycles. The minimum absolute atomic E-state index is 0.135. The molecule has 0 aliphatic carbocycles. The lowest BCUT2D eigenvalue weighted by Crippen LogP contribution is -2.14. The Kier molecular flexibility index (Phi) is 2.56. The smallest absolute Gasteiger partial charge is 0.115 e. The second-order valence-electron chi connectivity index (χ2n) is 2.28. The van der Waals surface area contributed by atoms with Crippen molar-refractivity contribution in [3.05, 3.63) is 11.9 Å². The number of aromatic nitrogens is 3. The Morgan fingerprint density at radius 2 is 2.55 bits per heavy atom. The Balaban J connectivity index is 2.73. The van der Waals surface area contributed by atoms with E-state index in [9.17, 15) is 0 Å². The van der Waals surface area contributed by atoms with Crippen molar-refractivity contribution < 1.29 is 4.74 Å². The summed E-state index contributed by atoms with van der Waals surface area (Å²) in [6.45, 7) is 0.426. The van der Waals surface area contributed by atoms with E-state index in [1.54, 1.807) is 25.0 Å². The van der Waals surface area contributed by atoms with Crippen LogP contribution in [-0.2, 0) is 11.8 Å². The highest BCUT2D eigenvalue weighted by Gasteiger charge is 2.10. The molecule has 0 saturated carbocycles. The van der Waals surface area contributed by atoms with Gasteiger partial charge >= 0.3 is 0 Å². The van der Waals surface area contributed by atoms with Gasteiger partial charge in [-0.3, -0.25) is 4.68 Å². The van der Waals surface area contributed by atoms with Crippen LogP contribution in [0.4, 0.5) is 0 Å². The van der Waals surface area contributed by atoms with Gasteiger partial charge in [0, 0.05) is 20.7 Å². The molecule has 5 heteroatoms. The lowest BCUT2D eigenvalue weighted by molar-refractivity contribution is 0.107. The molecule has 0 aromatic carbocycles. The normalized spacial score (nSPS) is 13.4. The number of nitrogens with zero attached hydrogens (tertiary/aromatic N) is 3. The first kappa shape index (κ1) is 8.16. The standard InChI is InChI=1S/C6H12N4O/c1-10-4-5(8-9-10)6(3-7)11-2/h4,6H,3,7H2,1-2H3. The highest BCUT2D eigenvalue weighted by atomic mass is 16.5. The quantitative estimate of drug-likeness (QED) is 0.638. The second kappa shape index (κ2) is 3.45. The lowest BCUT2D eigenvalue weighted by atomic mass is 10.3. The van der Waals surface area contributed by atoms with Crippen molar-refractivity contribution in [2.45, 2.75) is 6.10 Å². The predicted molar refractivity (Wildman–Crippen MR) is 39.8 cm³/mol. The number of rotatable bonds is 3. The van der Waals surface area contributed by atoms with Gasteiger partial charge in [-0.15, -0.1) is 5.10 Å². The molecule has 11 heavy (non-hydrogen) atoms. The fraction of sp³-hybridized carbons (Fsp3) is 0.667. The van der Waals surface area contributed by atoms with Crippen molar-refractivity contribution in [2.24, 2.45) is 12.8 Å². The summed E-state index contributed by atoms with van der Waals surface area (Å²) in [5.74, 6) is 0. The van der Waals surface area contributed by atoms with Crippen LogP contribution in [0.3, 0.4) is 0 Å². The lowest BCUT2D eigenvalue weighted by Gasteiger charge is -2.07. The van der Waals surface area contributed by atoms with Gasteiger partial charge < -0.3 is 10.5 Å². The maximum absolute atomic E-state index is 5.42. The van der Waals surface area contributed by atoms with Crippen LogP contribution >= 0.6 is 0 Å². The maximum atomic E-state index is 5.42. The number of hydrogen-bond donors (Lipinski definition) is 1. The summed E-state index contributed by atoms with van der Waals surface area (Å²) in [5.41, 5.74) is 6.20. The van der Waals surface area contributed by atoms with E-state index in [2.05, 4.69) is 10.3 Å². The van der Waals surface area contributed by atoms with E-state index in [4.69, 9.17) is 10.5 Å². The number of methoxy groups -OCH3 is 1. The number of hydrogen-bond acceptors (Lipinski definition) is 4. The Morgan fingerprint density at radius 1 is 1.82 bits per heavy atom. The summed E-state index contributed by atoms with van der Waals surface area (Å²) < 4.78 is 6.68. The first-order chi connectivity index (χ1) is 5.27. The average molecular weight is 156 g/mol. The van der Waals surface area contributed by atoms with Crippen molar-refractivity contribution in [3.63, 3.8) is 0 Å². The van der Waals surface area contributed by atoms with Gasteiger partial charge in [0.25, 0.3) is 0 Å². The minimum atomic E-state index is -0.135. The summed E-state index contributed by atoms with van der Waals surface area (Å²) in [5, 5.41) is 7.63. The molecule has 0 spiro atoms. The second-order valence-corrected chi connectivity index (χ2v) is 2.28. The van der Waals surface area contributed by atoms with E-state index in [1.165, 1.54) is 0 Å². The number of ether oxygens (including phenoxy) is 1. The van der Waals surface area contributed by atoms with Gasteiger partial charge in [0.05, 0.1) is 6.20 Å². The molecule has 5 nitrogen and oxygen atoms in total. The van der Waals surface area contributed by atoms with Crippen LogP contribution in [0.1, 0.15) is 11.8 Å². The van der Waals surface area contributed by atoms with Gasteiger partial charge in [0.15, 0.2) is 0 Å². The van der Waals surface area contributed by atoms with Crippen molar-refractivity contribution in [1.29, 1.82) is 0 Å². The third-order valence-electron chi connectivity index (χ3n) is 1.45. The Hall–Kier alpha value is -0.940. The molecule has 0 aliphatic rings. The first-order valence-corrected chi connectivity index (χ1v) is 3.37. The van der Waals surface area contributed by atoms with Crippen LogP contribution < -0.4 is 5.73 Å². The summed E-state index contributed by atoms with van der Waals surface area (Å²) >= 11 is 0. The molecule has 2 N–H and O–H groups in total. The molecule has 1 rings (SSSR count). The summed E-state index contributed by atoms with van der Waals surface area (Å²) in [4.78, 5) is 0. The van der Waals surface area contributed by atoms with Crippen LogP contribution in [0.25, 0.3) is 0 Å². The number of nitrogens with two attached hydrogens (primary N) is 1. The van der Waals surface area contributed by atoms with Crippen LogP contribution in [0.15, 0.2) is 6.20 Å². The van der Waals surface area contributed by atoms with Gasteiger partial charge in [-0.25, -0.2) is 0 Å². The third-order valence-corrected chi connectivity index (χ3v) is 1.45. The Morgan fingerprint density at radius 3 is 2.91 bits per heavy atom. The zero-order valence-corrected chi connectivity index (χ0v) is 6.69. The molecule has 0 aliphatic heterocycles. The van der Waals surface area contributed by atoms with Crippen molar-refractivity contribution in [1.82, 2.24) is 15.0 Å². The van der Waals surface area contributed by atoms with E-state index in [1.807, 2.05) is 0 Å². The third kappa shape index (κ3) is 1.75. The predicted octanol–water partition coefficient (Wildman–Crippen LogP) is -0.539. The molecular formula is C6H12N4O. The van der Waals surface area contributed by atoms with E-state index < -0.39 is 0 Å². The monoisotopic (exact) mass is 156 g/mol. The van der Waals surface area contributed by atoms with E-state index >= 15 is 0 Å². The molecule has 1 atom stereocenters. The van der Waals surface area contributed by atoms with Crippen LogP contribution in [0.2, 0.25) is 0 Å². The minimum Gasteiger partial charge on any atom is -0.374 e. The average Bonchev–Trinajstić information content (AvgIpc) is 2.39.